The molecule has 1 heterocycles. The normalized spacial score (nSPS) is 10.6. The predicted octanol–water partition coefficient (Wildman–Crippen LogP) is 4.26. The highest BCUT2D eigenvalue weighted by Gasteiger charge is 2.14. The van der Waals surface area contributed by atoms with Crippen molar-refractivity contribution in [1.82, 2.24) is 0 Å². The standard InChI is InChI=1S/C15H9IO3/c16-11-5-7-12(8-6-11)18-15(17)14-9-10-3-1-2-4-13(10)19-14/h1-9H. The van der Waals surface area contributed by atoms with Crippen molar-refractivity contribution in [2.75, 3.05) is 0 Å². The van der Waals surface area contributed by atoms with E-state index in [1.165, 1.54) is 0 Å². The highest BCUT2D eigenvalue weighted by molar-refractivity contribution is 14.1. The van der Waals surface area contributed by atoms with Crippen LogP contribution in [0, 0.1) is 3.57 Å². The summed E-state index contributed by atoms with van der Waals surface area (Å²) in [5.41, 5.74) is 0.678. The van der Waals surface area contributed by atoms with Crippen molar-refractivity contribution in [1.29, 1.82) is 0 Å². The van der Waals surface area contributed by atoms with Crippen LogP contribution in [0.3, 0.4) is 0 Å². The van der Waals surface area contributed by atoms with Crippen molar-refractivity contribution in [3.8, 4) is 5.75 Å². The Bertz CT molecular complexity index is 695. The number of ether oxygens (including phenoxy) is 1. The third-order valence-electron chi connectivity index (χ3n) is 2.65. The third kappa shape index (κ3) is 2.63. The van der Waals surface area contributed by atoms with Crippen molar-refractivity contribution < 1.29 is 13.9 Å². The second kappa shape index (κ2) is 5.05. The van der Waals surface area contributed by atoms with Gasteiger partial charge in [-0.1, -0.05) is 18.2 Å². The average Bonchev–Trinajstić information content (AvgIpc) is 2.85. The molecule has 4 heteroatoms. The summed E-state index contributed by atoms with van der Waals surface area (Å²) in [6, 6.07) is 16.4. The molecule has 0 aliphatic rings. The Morgan fingerprint density at radius 3 is 2.53 bits per heavy atom. The van der Waals surface area contributed by atoms with E-state index in [1.54, 1.807) is 18.2 Å². The van der Waals surface area contributed by atoms with Gasteiger partial charge in [0.15, 0.2) is 0 Å². The lowest BCUT2D eigenvalue weighted by Gasteiger charge is -2.01. The van der Waals surface area contributed by atoms with E-state index < -0.39 is 5.97 Å². The first kappa shape index (κ1) is 12.2. The molecule has 0 aliphatic carbocycles. The predicted molar refractivity (Wildman–Crippen MR) is 80.3 cm³/mol. The molecule has 0 amide bonds. The number of furan rings is 1. The number of carbonyl (C=O) groups excluding carboxylic acids is 1. The molecule has 3 aromatic rings. The molecule has 0 radical (unpaired) electrons. The van der Waals surface area contributed by atoms with Crippen LogP contribution in [0.2, 0.25) is 0 Å². The maximum atomic E-state index is 12.0. The molecule has 0 unspecified atom stereocenters. The summed E-state index contributed by atoms with van der Waals surface area (Å²) >= 11 is 2.19. The maximum Gasteiger partial charge on any atom is 0.379 e. The summed E-state index contributed by atoms with van der Waals surface area (Å²) < 4.78 is 11.8. The van der Waals surface area contributed by atoms with Crippen LogP contribution in [-0.2, 0) is 0 Å². The molecular formula is C15H9IO3. The number of carbonyl (C=O) groups is 1. The van der Waals surface area contributed by atoms with E-state index in [4.69, 9.17) is 9.15 Å². The first-order chi connectivity index (χ1) is 9.22. The molecule has 0 saturated heterocycles. The van der Waals surface area contributed by atoms with Gasteiger partial charge < -0.3 is 9.15 Å². The minimum Gasteiger partial charge on any atom is -0.449 e. The number of halogens is 1. The first-order valence-electron chi connectivity index (χ1n) is 5.69. The Kier molecular flexibility index (Phi) is 3.25. The number of benzene rings is 2. The van der Waals surface area contributed by atoms with E-state index in [9.17, 15) is 4.79 Å². The topological polar surface area (TPSA) is 39.4 Å². The molecule has 0 bridgehead atoms. The monoisotopic (exact) mass is 364 g/mol. The van der Waals surface area contributed by atoms with Gasteiger partial charge in [-0.3, -0.25) is 0 Å². The summed E-state index contributed by atoms with van der Waals surface area (Å²) in [7, 11) is 0. The SMILES string of the molecule is O=C(Oc1ccc(I)cc1)c1cc2ccccc2o1. The van der Waals surface area contributed by atoms with E-state index >= 15 is 0 Å². The summed E-state index contributed by atoms with van der Waals surface area (Å²) in [5.74, 6) is 0.225. The third-order valence-corrected chi connectivity index (χ3v) is 3.37. The van der Waals surface area contributed by atoms with Gasteiger partial charge in [0, 0.05) is 8.96 Å². The van der Waals surface area contributed by atoms with Crippen molar-refractivity contribution in [2.24, 2.45) is 0 Å². The van der Waals surface area contributed by atoms with Gasteiger partial charge in [0.05, 0.1) is 0 Å². The number of hydrogen-bond donors (Lipinski definition) is 0. The first-order valence-corrected chi connectivity index (χ1v) is 6.76. The van der Waals surface area contributed by atoms with Gasteiger partial charge in [-0.2, -0.15) is 0 Å². The van der Waals surface area contributed by atoms with Crippen LogP contribution < -0.4 is 4.74 Å². The maximum absolute atomic E-state index is 12.0. The van der Waals surface area contributed by atoms with Crippen LogP contribution in [-0.4, -0.2) is 5.97 Å². The van der Waals surface area contributed by atoms with Crippen LogP contribution >= 0.6 is 22.6 Å². The van der Waals surface area contributed by atoms with Gasteiger partial charge in [-0.15, -0.1) is 0 Å². The smallest absolute Gasteiger partial charge is 0.379 e. The summed E-state index contributed by atoms with van der Waals surface area (Å²) in [5, 5.41) is 0.886. The average molecular weight is 364 g/mol. The second-order valence-electron chi connectivity index (χ2n) is 3.99. The largest absolute Gasteiger partial charge is 0.449 e. The highest BCUT2D eigenvalue weighted by atomic mass is 127. The molecule has 3 nitrogen and oxygen atoms in total. The molecule has 0 saturated carbocycles. The molecule has 1 aromatic heterocycles. The lowest BCUT2D eigenvalue weighted by Crippen LogP contribution is -2.06. The zero-order valence-corrected chi connectivity index (χ0v) is 12.0. The second-order valence-corrected chi connectivity index (χ2v) is 5.24. The van der Waals surface area contributed by atoms with Crippen LogP contribution in [0.5, 0.6) is 5.75 Å². The fourth-order valence-electron chi connectivity index (χ4n) is 1.74. The molecule has 2 aromatic carbocycles. The van der Waals surface area contributed by atoms with Crippen LogP contribution in [0.4, 0.5) is 0 Å². The number of esters is 1. The highest BCUT2D eigenvalue weighted by Crippen LogP contribution is 2.21. The summed E-state index contributed by atoms with van der Waals surface area (Å²) in [4.78, 5) is 12.0. The van der Waals surface area contributed by atoms with E-state index in [-0.39, 0.29) is 5.76 Å². The molecule has 19 heavy (non-hydrogen) atoms. The summed E-state index contributed by atoms with van der Waals surface area (Å²) in [6.45, 7) is 0. The molecule has 94 valence electrons. The Morgan fingerprint density at radius 1 is 1.05 bits per heavy atom. The summed E-state index contributed by atoms with van der Waals surface area (Å²) in [6.07, 6.45) is 0. The quantitative estimate of drug-likeness (QED) is 0.388. The van der Waals surface area contributed by atoms with Gasteiger partial charge in [-0.05, 0) is 59.0 Å². The van der Waals surface area contributed by atoms with Crippen LogP contribution in [0.15, 0.2) is 59.0 Å². The molecule has 3 rings (SSSR count). The van der Waals surface area contributed by atoms with E-state index in [0.717, 1.165) is 8.96 Å². The lowest BCUT2D eigenvalue weighted by atomic mass is 10.2. The molecule has 0 aliphatic heterocycles. The number of fused-ring (bicyclic) bond motifs is 1. The molecule has 0 N–H and O–H groups in total. The van der Waals surface area contributed by atoms with Crippen LogP contribution in [0.25, 0.3) is 11.0 Å². The van der Waals surface area contributed by atoms with Gasteiger partial charge in [0.2, 0.25) is 5.76 Å². The Balaban J connectivity index is 1.85. The Labute approximate surface area is 123 Å². The van der Waals surface area contributed by atoms with Crippen molar-refractivity contribution in [3.63, 3.8) is 0 Å². The van der Waals surface area contributed by atoms with Crippen LogP contribution in [0.1, 0.15) is 10.6 Å². The van der Waals surface area contributed by atoms with Crippen molar-refractivity contribution in [3.05, 3.63) is 63.9 Å². The minimum atomic E-state index is -0.489. The Morgan fingerprint density at radius 2 is 1.79 bits per heavy atom. The zero-order chi connectivity index (χ0) is 13.2. The van der Waals surface area contributed by atoms with Gasteiger partial charge in [0.25, 0.3) is 0 Å². The van der Waals surface area contributed by atoms with Gasteiger partial charge in [-0.25, -0.2) is 4.79 Å². The number of rotatable bonds is 2. The van der Waals surface area contributed by atoms with E-state index in [1.807, 2.05) is 36.4 Å². The zero-order valence-electron chi connectivity index (χ0n) is 9.80. The molecular weight excluding hydrogens is 355 g/mol. The molecule has 0 atom stereocenters. The number of hydrogen-bond acceptors (Lipinski definition) is 3. The van der Waals surface area contributed by atoms with E-state index in [0.29, 0.717) is 11.3 Å². The molecule has 0 spiro atoms. The molecule has 0 fully saturated rings. The number of para-hydroxylation sites is 1. The van der Waals surface area contributed by atoms with Crippen molar-refractivity contribution in [2.45, 2.75) is 0 Å². The minimum absolute atomic E-state index is 0.208. The lowest BCUT2D eigenvalue weighted by molar-refractivity contribution is 0.0704. The van der Waals surface area contributed by atoms with Gasteiger partial charge >= 0.3 is 5.97 Å². The van der Waals surface area contributed by atoms with E-state index in [2.05, 4.69) is 22.6 Å². The fraction of sp³-hybridized carbons (Fsp3) is 0. The van der Waals surface area contributed by atoms with Gasteiger partial charge in [0.1, 0.15) is 11.3 Å². The van der Waals surface area contributed by atoms with Crippen molar-refractivity contribution >= 4 is 39.5 Å². The fourth-order valence-corrected chi connectivity index (χ4v) is 2.10. The Hall–Kier alpha value is -1.82.